The van der Waals surface area contributed by atoms with Gasteiger partial charge < -0.3 is 9.84 Å². The molecule has 5 nitrogen and oxygen atoms in total. The molecule has 0 fully saturated rings. The van der Waals surface area contributed by atoms with Gasteiger partial charge in [0.15, 0.2) is 0 Å². The second-order valence-electron chi connectivity index (χ2n) is 5.28. The van der Waals surface area contributed by atoms with E-state index in [9.17, 15) is 4.79 Å². The Bertz CT molecular complexity index is 610. The van der Waals surface area contributed by atoms with Crippen LogP contribution in [0.15, 0.2) is 28.8 Å². The van der Waals surface area contributed by atoms with Crippen LogP contribution >= 0.6 is 11.6 Å². The molecular formula is C16H20ClN3O2. The van der Waals surface area contributed by atoms with Crippen LogP contribution in [-0.4, -0.2) is 22.1 Å². The van der Waals surface area contributed by atoms with Gasteiger partial charge in [0.1, 0.15) is 0 Å². The van der Waals surface area contributed by atoms with Crippen molar-refractivity contribution in [1.29, 1.82) is 0 Å². The van der Waals surface area contributed by atoms with Crippen LogP contribution in [0.3, 0.4) is 0 Å². The molecule has 6 heteroatoms. The standard InChI is InChI=1S/C16H20ClN3O2/c1-3-4-11(2)18-14(21)9-10-15-19-16(20-22-15)12-5-7-13(17)8-6-12/h5-8,11H,3-4,9-10H2,1-2H3,(H,18,21)/t11-/m1/s1. The van der Waals surface area contributed by atoms with E-state index in [0.717, 1.165) is 18.4 Å². The van der Waals surface area contributed by atoms with E-state index >= 15 is 0 Å². The van der Waals surface area contributed by atoms with E-state index in [0.29, 0.717) is 29.6 Å². The number of nitrogens with zero attached hydrogens (tertiary/aromatic N) is 2. The summed E-state index contributed by atoms with van der Waals surface area (Å²) in [5.41, 5.74) is 0.834. The minimum atomic E-state index is 0.00666. The van der Waals surface area contributed by atoms with Gasteiger partial charge in [0.05, 0.1) is 0 Å². The van der Waals surface area contributed by atoms with Crippen LogP contribution in [-0.2, 0) is 11.2 Å². The zero-order chi connectivity index (χ0) is 15.9. The predicted octanol–water partition coefficient (Wildman–Crippen LogP) is 3.63. The molecule has 1 N–H and O–H groups in total. The lowest BCUT2D eigenvalue weighted by Gasteiger charge is -2.11. The molecule has 1 amide bonds. The minimum absolute atomic E-state index is 0.00666. The molecule has 0 aliphatic carbocycles. The predicted molar refractivity (Wildman–Crippen MR) is 85.6 cm³/mol. The van der Waals surface area contributed by atoms with Crippen molar-refractivity contribution >= 4 is 17.5 Å². The molecule has 0 unspecified atom stereocenters. The van der Waals surface area contributed by atoms with Crippen molar-refractivity contribution in [3.8, 4) is 11.4 Å². The molecule has 118 valence electrons. The number of hydrogen-bond acceptors (Lipinski definition) is 4. The number of aromatic nitrogens is 2. The van der Waals surface area contributed by atoms with Gasteiger partial charge in [0.2, 0.25) is 17.6 Å². The number of carbonyl (C=O) groups is 1. The number of benzene rings is 1. The summed E-state index contributed by atoms with van der Waals surface area (Å²) in [5.74, 6) is 0.974. The fourth-order valence-electron chi connectivity index (χ4n) is 2.15. The molecule has 0 aliphatic heterocycles. The first kappa shape index (κ1) is 16.5. The van der Waals surface area contributed by atoms with Crippen molar-refractivity contribution in [2.75, 3.05) is 0 Å². The maximum Gasteiger partial charge on any atom is 0.227 e. The lowest BCUT2D eigenvalue weighted by Crippen LogP contribution is -2.32. The summed E-state index contributed by atoms with van der Waals surface area (Å²) >= 11 is 5.84. The van der Waals surface area contributed by atoms with Crippen LogP contribution in [0.25, 0.3) is 11.4 Å². The van der Waals surface area contributed by atoms with Gasteiger partial charge in [-0.2, -0.15) is 4.98 Å². The van der Waals surface area contributed by atoms with Crippen LogP contribution < -0.4 is 5.32 Å². The lowest BCUT2D eigenvalue weighted by molar-refractivity contribution is -0.121. The van der Waals surface area contributed by atoms with Gasteiger partial charge in [-0.15, -0.1) is 0 Å². The Morgan fingerprint density at radius 3 is 2.77 bits per heavy atom. The molecule has 0 aliphatic rings. The van der Waals surface area contributed by atoms with Crippen LogP contribution in [0.1, 0.15) is 39.0 Å². The van der Waals surface area contributed by atoms with E-state index in [1.54, 1.807) is 12.1 Å². The molecule has 1 heterocycles. The monoisotopic (exact) mass is 321 g/mol. The lowest BCUT2D eigenvalue weighted by atomic mass is 10.2. The van der Waals surface area contributed by atoms with Crippen LogP contribution in [0, 0.1) is 0 Å². The van der Waals surface area contributed by atoms with Crippen molar-refractivity contribution in [3.05, 3.63) is 35.2 Å². The molecule has 1 aromatic heterocycles. The Balaban J connectivity index is 1.87. The minimum Gasteiger partial charge on any atom is -0.354 e. The van der Waals surface area contributed by atoms with Crippen molar-refractivity contribution in [2.24, 2.45) is 0 Å². The molecule has 0 spiro atoms. The van der Waals surface area contributed by atoms with Crippen LogP contribution in [0.4, 0.5) is 0 Å². The Hall–Kier alpha value is -1.88. The first-order valence-electron chi connectivity index (χ1n) is 7.46. The van der Waals surface area contributed by atoms with E-state index in [-0.39, 0.29) is 11.9 Å². The first-order chi connectivity index (χ1) is 10.6. The van der Waals surface area contributed by atoms with Gasteiger partial charge in [-0.05, 0) is 37.6 Å². The second-order valence-corrected chi connectivity index (χ2v) is 5.71. The van der Waals surface area contributed by atoms with E-state index < -0.39 is 0 Å². The molecule has 0 saturated heterocycles. The third-order valence-corrected chi connectivity index (χ3v) is 3.52. The number of amides is 1. The summed E-state index contributed by atoms with van der Waals surface area (Å²) in [6.45, 7) is 4.10. The Labute approximate surface area is 135 Å². The van der Waals surface area contributed by atoms with E-state index in [1.807, 2.05) is 19.1 Å². The molecule has 0 radical (unpaired) electrons. The van der Waals surface area contributed by atoms with Crippen molar-refractivity contribution in [1.82, 2.24) is 15.5 Å². The summed E-state index contributed by atoms with van der Waals surface area (Å²) < 4.78 is 5.18. The summed E-state index contributed by atoms with van der Waals surface area (Å²) in [7, 11) is 0. The highest BCUT2D eigenvalue weighted by molar-refractivity contribution is 6.30. The van der Waals surface area contributed by atoms with Gasteiger partial charge >= 0.3 is 0 Å². The Morgan fingerprint density at radius 2 is 2.09 bits per heavy atom. The number of nitrogens with one attached hydrogen (secondary N) is 1. The maximum atomic E-state index is 11.8. The number of halogens is 1. The molecule has 0 bridgehead atoms. The first-order valence-corrected chi connectivity index (χ1v) is 7.84. The quantitative estimate of drug-likeness (QED) is 0.845. The average Bonchev–Trinajstić information content (AvgIpc) is 2.95. The molecule has 1 atom stereocenters. The van der Waals surface area contributed by atoms with Gasteiger partial charge in [-0.25, -0.2) is 0 Å². The summed E-state index contributed by atoms with van der Waals surface area (Å²) in [4.78, 5) is 16.1. The Morgan fingerprint density at radius 1 is 1.36 bits per heavy atom. The number of rotatable bonds is 7. The second kappa shape index (κ2) is 7.94. The van der Waals surface area contributed by atoms with Crippen LogP contribution in [0.5, 0.6) is 0 Å². The average molecular weight is 322 g/mol. The normalized spacial score (nSPS) is 12.1. The van der Waals surface area contributed by atoms with E-state index in [1.165, 1.54) is 0 Å². The van der Waals surface area contributed by atoms with E-state index in [4.69, 9.17) is 16.1 Å². The van der Waals surface area contributed by atoms with Crippen LogP contribution in [0.2, 0.25) is 5.02 Å². The smallest absolute Gasteiger partial charge is 0.227 e. The molecular weight excluding hydrogens is 302 g/mol. The third kappa shape index (κ3) is 4.84. The number of hydrogen-bond donors (Lipinski definition) is 1. The Kier molecular flexibility index (Phi) is 5.95. The maximum absolute atomic E-state index is 11.8. The highest BCUT2D eigenvalue weighted by Crippen LogP contribution is 2.18. The summed E-state index contributed by atoms with van der Waals surface area (Å²) in [5, 5.41) is 7.53. The van der Waals surface area contributed by atoms with Gasteiger partial charge in [0.25, 0.3) is 0 Å². The molecule has 22 heavy (non-hydrogen) atoms. The topological polar surface area (TPSA) is 68.0 Å². The zero-order valence-corrected chi connectivity index (χ0v) is 13.6. The summed E-state index contributed by atoms with van der Waals surface area (Å²) in [6, 6.07) is 7.40. The molecule has 2 aromatic rings. The molecule has 1 aromatic carbocycles. The fraction of sp³-hybridized carbons (Fsp3) is 0.438. The number of aryl methyl sites for hydroxylation is 1. The SMILES string of the molecule is CCC[C@@H](C)NC(=O)CCc1nc(-c2ccc(Cl)cc2)no1. The molecule has 0 saturated carbocycles. The summed E-state index contributed by atoms with van der Waals surface area (Å²) in [6.07, 6.45) is 2.81. The largest absolute Gasteiger partial charge is 0.354 e. The highest BCUT2D eigenvalue weighted by Gasteiger charge is 2.12. The van der Waals surface area contributed by atoms with Crippen molar-refractivity contribution in [3.63, 3.8) is 0 Å². The van der Waals surface area contributed by atoms with Gasteiger partial charge in [-0.3, -0.25) is 4.79 Å². The third-order valence-electron chi connectivity index (χ3n) is 3.27. The zero-order valence-electron chi connectivity index (χ0n) is 12.8. The van der Waals surface area contributed by atoms with E-state index in [2.05, 4.69) is 22.4 Å². The van der Waals surface area contributed by atoms with Crippen molar-refractivity contribution < 1.29 is 9.32 Å². The highest BCUT2D eigenvalue weighted by atomic mass is 35.5. The van der Waals surface area contributed by atoms with Crippen molar-refractivity contribution in [2.45, 2.75) is 45.6 Å². The van der Waals surface area contributed by atoms with Gasteiger partial charge in [0, 0.05) is 29.5 Å². The van der Waals surface area contributed by atoms with Gasteiger partial charge in [-0.1, -0.05) is 30.1 Å². The molecule has 2 rings (SSSR count). The number of carbonyl (C=O) groups excluding carboxylic acids is 1. The fourth-order valence-corrected chi connectivity index (χ4v) is 2.27.